The Bertz CT molecular complexity index is 1090. The number of oxazole rings is 1. The fraction of sp³-hybridized carbons (Fsp3) is 0. The summed E-state index contributed by atoms with van der Waals surface area (Å²) < 4.78 is 21.4. The molecule has 0 bridgehead atoms. The van der Waals surface area contributed by atoms with Crippen LogP contribution >= 0.6 is 0 Å². The van der Waals surface area contributed by atoms with E-state index < -0.39 is 0 Å². The van der Waals surface area contributed by atoms with Gasteiger partial charge in [0.05, 0.1) is 11.8 Å². The minimum absolute atomic E-state index is 0.258. The molecule has 4 aromatic heterocycles. The number of fused-ring (bicyclic) bond motifs is 1. The summed E-state index contributed by atoms with van der Waals surface area (Å²) in [5.41, 5.74) is 2.20. The van der Waals surface area contributed by atoms with E-state index in [0.29, 0.717) is 22.7 Å². The van der Waals surface area contributed by atoms with Crippen molar-refractivity contribution in [1.29, 1.82) is 0 Å². The molecule has 0 fully saturated rings. The standard InChI is InChI=1S/C16H8N4O4/c1-2-4-11-9(3-1)7-12(23-11)10-8-22-19-13(10)14-15(24-20-18-14)16-17-5-6-21-16/h1-8H. The van der Waals surface area contributed by atoms with Crippen LogP contribution in [0, 0.1) is 0 Å². The Morgan fingerprint density at radius 2 is 2.00 bits per heavy atom. The van der Waals surface area contributed by atoms with Gasteiger partial charge in [-0.25, -0.2) is 4.98 Å². The molecule has 0 radical (unpaired) electrons. The van der Waals surface area contributed by atoms with Crippen LogP contribution in [-0.4, -0.2) is 20.5 Å². The van der Waals surface area contributed by atoms with Crippen LogP contribution in [-0.2, 0) is 0 Å². The normalized spacial score (nSPS) is 11.3. The third-order valence-corrected chi connectivity index (χ3v) is 3.60. The van der Waals surface area contributed by atoms with Gasteiger partial charge in [-0.3, -0.25) is 0 Å². The molecule has 8 heteroatoms. The molecule has 0 aliphatic carbocycles. The van der Waals surface area contributed by atoms with E-state index >= 15 is 0 Å². The molecule has 4 heterocycles. The van der Waals surface area contributed by atoms with E-state index in [4.69, 9.17) is 17.9 Å². The molecule has 0 N–H and O–H groups in total. The highest BCUT2D eigenvalue weighted by atomic mass is 16.5. The summed E-state index contributed by atoms with van der Waals surface area (Å²) in [5.74, 6) is 1.13. The lowest BCUT2D eigenvalue weighted by atomic mass is 10.1. The predicted molar refractivity (Wildman–Crippen MR) is 80.5 cm³/mol. The van der Waals surface area contributed by atoms with Crippen molar-refractivity contribution in [2.75, 3.05) is 0 Å². The summed E-state index contributed by atoms with van der Waals surface area (Å²) in [4.78, 5) is 4.04. The first-order chi connectivity index (χ1) is 11.9. The average Bonchev–Trinajstić information content (AvgIpc) is 3.40. The summed E-state index contributed by atoms with van der Waals surface area (Å²) in [6.07, 6.45) is 4.43. The number of furan rings is 1. The quantitative estimate of drug-likeness (QED) is 0.494. The molecular formula is C16H8N4O4. The van der Waals surface area contributed by atoms with Gasteiger partial charge in [-0.05, 0) is 12.1 Å². The zero-order chi connectivity index (χ0) is 15.9. The zero-order valence-corrected chi connectivity index (χ0v) is 12.0. The van der Waals surface area contributed by atoms with Crippen molar-refractivity contribution in [2.45, 2.75) is 0 Å². The van der Waals surface area contributed by atoms with Crippen molar-refractivity contribution in [3.8, 4) is 34.4 Å². The Morgan fingerprint density at radius 1 is 1.04 bits per heavy atom. The van der Waals surface area contributed by atoms with Gasteiger partial charge in [0, 0.05) is 10.7 Å². The van der Waals surface area contributed by atoms with E-state index in [-0.39, 0.29) is 11.7 Å². The lowest BCUT2D eigenvalue weighted by Crippen LogP contribution is -1.85. The van der Waals surface area contributed by atoms with Gasteiger partial charge in [0.2, 0.25) is 0 Å². The van der Waals surface area contributed by atoms with Gasteiger partial charge >= 0.3 is 0 Å². The number of rotatable bonds is 3. The van der Waals surface area contributed by atoms with E-state index in [1.807, 2.05) is 30.3 Å². The van der Waals surface area contributed by atoms with Crippen molar-refractivity contribution in [3.05, 3.63) is 49.1 Å². The summed E-state index contributed by atoms with van der Waals surface area (Å²) >= 11 is 0. The highest BCUT2D eigenvalue weighted by Gasteiger charge is 2.25. The van der Waals surface area contributed by atoms with E-state index in [2.05, 4.69) is 20.5 Å². The van der Waals surface area contributed by atoms with Gasteiger partial charge < -0.3 is 17.9 Å². The monoisotopic (exact) mass is 320 g/mol. The Labute approximate surface area is 133 Å². The third kappa shape index (κ3) is 1.86. The molecule has 24 heavy (non-hydrogen) atoms. The van der Waals surface area contributed by atoms with Crippen LogP contribution in [0.4, 0.5) is 0 Å². The van der Waals surface area contributed by atoms with Crippen LogP contribution in [0.2, 0.25) is 0 Å². The van der Waals surface area contributed by atoms with Gasteiger partial charge in [-0.2, -0.15) is 0 Å². The first kappa shape index (κ1) is 12.8. The highest BCUT2D eigenvalue weighted by Crippen LogP contribution is 2.37. The number of hydrogen-bond acceptors (Lipinski definition) is 8. The molecule has 116 valence electrons. The van der Waals surface area contributed by atoms with Crippen LogP contribution < -0.4 is 0 Å². The molecule has 5 aromatic rings. The Balaban J connectivity index is 1.68. The fourth-order valence-electron chi connectivity index (χ4n) is 2.52. The summed E-state index contributed by atoms with van der Waals surface area (Å²) in [5, 5.41) is 12.5. The molecule has 0 atom stereocenters. The molecule has 8 nitrogen and oxygen atoms in total. The Hall–Kier alpha value is -3.68. The zero-order valence-electron chi connectivity index (χ0n) is 12.0. The third-order valence-electron chi connectivity index (χ3n) is 3.60. The summed E-state index contributed by atoms with van der Waals surface area (Å²) in [6, 6.07) is 9.61. The summed E-state index contributed by atoms with van der Waals surface area (Å²) in [7, 11) is 0. The average molecular weight is 320 g/mol. The molecule has 0 aliphatic rings. The van der Waals surface area contributed by atoms with Crippen LogP contribution in [0.3, 0.4) is 0 Å². The molecule has 0 spiro atoms. The van der Waals surface area contributed by atoms with Crippen molar-refractivity contribution >= 4 is 11.0 Å². The van der Waals surface area contributed by atoms with Crippen molar-refractivity contribution in [2.24, 2.45) is 0 Å². The van der Waals surface area contributed by atoms with Crippen molar-refractivity contribution in [3.63, 3.8) is 0 Å². The molecule has 0 saturated heterocycles. The molecule has 5 rings (SSSR count). The van der Waals surface area contributed by atoms with E-state index in [1.54, 1.807) is 0 Å². The van der Waals surface area contributed by atoms with Crippen molar-refractivity contribution in [1.82, 2.24) is 20.5 Å². The smallest absolute Gasteiger partial charge is 0.268 e. The molecular weight excluding hydrogens is 312 g/mol. The van der Waals surface area contributed by atoms with E-state index in [1.165, 1.54) is 18.7 Å². The second-order valence-electron chi connectivity index (χ2n) is 5.01. The lowest BCUT2D eigenvalue weighted by molar-refractivity contribution is 0.391. The maximum absolute atomic E-state index is 5.86. The predicted octanol–water partition coefficient (Wildman–Crippen LogP) is 3.79. The number of nitrogens with zero attached hydrogens (tertiary/aromatic N) is 4. The molecule has 0 aliphatic heterocycles. The minimum Gasteiger partial charge on any atom is -0.456 e. The van der Waals surface area contributed by atoms with Gasteiger partial charge in [0.15, 0.2) is 5.69 Å². The lowest BCUT2D eigenvalue weighted by Gasteiger charge is -1.95. The first-order valence-electron chi connectivity index (χ1n) is 7.06. The molecule has 0 unspecified atom stereocenters. The van der Waals surface area contributed by atoms with Gasteiger partial charge in [-0.1, -0.05) is 23.4 Å². The van der Waals surface area contributed by atoms with Gasteiger partial charge in [0.25, 0.3) is 11.7 Å². The van der Waals surface area contributed by atoms with Crippen LogP contribution in [0.1, 0.15) is 0 Å². The number of hydrogen-bond donors (Lipinski definition) is 0. The SMILES string of the molecule is c1ccc2oc(-c3conc3-c3nnoc3-c3ncco3)cc2c1. The second kappa shape index (κ2) is 4.92. The fourth-order valence-corrected chi connectivity index (χ4v) is 2.52. The van der Waals surface area contributed by atoms with Gasteiger partial charge in [0.1, 0.15) is 29.6 Å². The number of aromatic nitrogens is 4. The Morgan fingerprint density at radius 3 is 2.88 bits per heavy atom. The van der Waals surface area contributed by atoms with E-state index in [0.717, 1.165) is 11.0 Å². The molecule has 1 aromatic carbocycles. The second-order valence-corrected chi connectivity index (χ2v) is 5.01. The van der Waals surface area contributed by atoms with Crippen LogP contribution in [0.5, 0.6) is 0 Å². The van der Waals surface area contributed by atoms with Crippen molar-refractivity contribution < 1.29 is 17.9 Å². The summed E-state index contributed by atoms with van der Waals surface area (Å²) in [6.45, 7) is 0. The maximum atomic E-state index is 5.86. The number of benzene rings is 1. The largest absolute Gasteiger partial charge is 0.456 e. The topological polar surface area (TPSA) is 104 Å². The van der Waals surface area contributed by atoms with Crippen LogP contribution in [0.15, 0.2) is 66.9 Å². The Kier molecular flexibility index (Phi) is 2.63. The molecule has 0 saturated carbocycles. The highest BCUT2D eigenvalue weighted by molar-refractivity contribution is 5.87. The first-order valence-corrected chi connectivity index (χ1v) is 7.06. The molecule has 0 amide bonds. The number of para-hydroxylation sites is 1. The van der Waals surface area contributed by atoms with Crippen LogP contribution in [0.25, 0.3) is 45.3 Å². The van der Waals surface area contributed by atoms with Gasteiger partial charge in [-0.15, -0.1) is 5.10 Å². The van der Waals surface area contributed by atoms with E-state index in [9.17, 15) is 0 Å². The minimum atomic E-state index is 0.258. The maximum Gasteiger partial charge on any atom is 0.268 e.